The molecule has 2 unspecified atom stereocenters. The van der Waals surface area contributed by atoms with Gasteiger partial charge in [-0.1, -0.05) is 49.6 Å². The van der Waals surface area contributed by atoms with Crippen LogP contribution >= 0.6 is 0 Å². The third-order valence-electron chi connectivity index (χ3n) is 7.58. The number of piperidine rings is 1. The van der Waals surface area contributed by atoms with Crippen molar-refractivity contribution >= 4 is 0 Å². The van der Waals surface area contributed by atoms with Crippen LogP contribution in [-0.2, 0) is 6.42 Å². The zero-order valence-corrected chi connectivity index (χ0v) is 18.6. The minimum Gasteiger partial charge on any atom is -0.386 e. The number of nitrogens with zero attached hydrogens (tertiary/aromatic N) is 2. The van der Waals surface area contributed by atoms with Crippen LogP contribution in [0, 0.1) is 17.8 Å². The van der Waals surface area contributed by atoms with Gasteiger partial charge in [0.1, 0.15) is 0 Å². The zero-order valence-electron chi connectivity index (χ0n) is 18.6. The third kappa shape index (κ3) is 5.18. The molecule has 3 heteroatoms. The van der Waals surface area contributed by atoms with Gasteiger partial charge in [-0.3, -0.25) is 4.90 Å². The first kappa shape index (κ1) is 21.2. The van der Waals surface area contributed by atoms with E-state index in [4.69, 9.17) is 0 Å². The lowest BCUT2D eigenvalue weighted by molar-refractivity contribution is 0.239. The first-order valence-electron chi connectivity index (χ1n) is 11.9. The molecule has 0 amide bonds. The topological polar surface area (TPSA) is 18.5 Å². The fourth-order valence-corrected chi connectivity index (χ4v) is 5.82. The predicted octanol–water partition coefficient (Wildman–Crippen LogP) is 4.84. The molecule has 1 N–H and O–H groups in total. The van der Waals surface area contributed by atoms with Crippen LogP contribution in [-0.4, -0.2) is 48.6 Å². The van der Waals surface area contributed by atoms with Crippen LogP contribution in [0.1, 0.15) is 37.7 Å². The van der Waals surface area contributed by atoms with E-state index >= 15 is 0 Å². The van der Waals surface area contributed by atoms with E-state index in [0.717, 1.165) is 44.3 Å². The maximum absolute atomic E-state index is 4.46. The molecule has 3 fully saturated rings. The Kier molecular flexibility index (Phi) is 6.99. The molecular weight excluding hydrogens is 366 g/mol. The predicted molar refractivity (Wildman–Crippen MR) is 127 cm³/mol. The van der Waals surface area contributed by atoms with E-state index in [2.05, 4.69) is 65.2 Å². The lowest BCUT2D eigenvalue weighted by Crippen LogP contribution is -2.42. The monoisotopic (exact) mass is 405 g/mol. The normalized spacial score (nSPS) is 27.1. The van der Waals surface area contributed by atoms with Crippen LogP contribution < -0.4 is 5.32 Å². The van der Waals surface area contributed by atoms with Gasteiger partial charge in [0.05, 0.1) is 0 Å². The number of benzene rings is 1. The van der Waals surface area contributed by atoms with Gasteiger partial charge in [-0.25, -0.2) is 0 Å². The highest BCUT2D eigenvalue weighted by molar-refractivity contribution is 5.16. The highest BCUT2D eigenvalue weighted by Gasteiger charge is 2.41. The molecule has 1 aromatic carbocycles. The zero-order chi connectivity index (χ0) is 20.9. The summed E-state index contributed by atoms with van der Waals surface area (Å²) in [5.74, 6) is 2.40. The van der Waals surface area contributed by atoms with Crippen LogP contribution in [0.15, 0.2) is 67.5 Å². The molecule has 4 rings (SSSR count). The van der Waals surface area contributed by atoms with Gasteiger partial charge in [-0.2, -0.15) is 0 Å². The largest absolute Gasteiger partial charge is 0.386 e. The number of fused-ring (bicyclic) bond motifs is 1. The molecule has 2 atom stereocenters. The fraction of sp³-hybridized carbons (Fsp3) is 0.556. The van der Waals surface area contributed by atoms with Gasteiger partial charge < -0.3 is 10.2 Å². The SMILES string of the molecule is C=CCN1CC2CC(C(=C)NC3CCN(C(=C)CCc4ccccc4)CC3)CC2C1. The van der Waals surface area contributed by atoms with Crippen molar-refractivity contribution in [1.29, 1.82) is 0 Å². The second-order valence-electron chi connectivity index (χ2n) is 9.68. The Labute approximate surface area is 183 Å². The second kappa shape index (κ2) is 9.87. The van der Waals surface area contributed by atoms with Crippen molar-refractivity contribution in [3.63, 3.8) is 0 Å². The fourth-order valence-electron chi connectivity index (χ4n) is 5.82. The van der Waals surface area contributed by atoms with Crippen molar-refractivity contribution in [3.8, 4) is 0 Å². The number of aryl methyl sites for hydroxylation is 1. The molecule has 2 heterocycles. The summed E-state index contributed by atoms with van der Waals surface area (Å²) < 4.78 is 0. The Morgan fingerprint density at radius 1 is 1.03 bits per heavy atom. The Morgan fingerprint density at radius 3 is 2.33 bits per heavy atom. The van der Waals surface area contributed by atoms with Gasteiger partial charge in [-0.15, -0.1) is 6.58 Å². The molecule has 2 saturated heterocycles. The number of rotatable bonds is 9. The first-order valence-corrected chi connectivity index (χ1v) is 11.9. The maximum Gasteiger partial charge on any atom is 0.0291 e. The van der Waals surface area contributed by atoms with Gasteiger partial charge >= 0.3 is 0 Å². The van der Waals surface area contributed by atoms with Crippen LogP contribution in [0.25, 0.3) is 0 Å². The number of nitrogens with one attached hydrogen (secondary N) is 1. The third-order valence-corrected chi connectivity index (χ3v) is 7.58. The average Bonchev–Trinajstić information content (AvgIpc) is 3.32. The average molecular weight is 406 g/mol. The van der Waals surface area contributed by atoms with Gasteiger partial charge in [-0.05, 0) is 61.8 Å². The summed E-state index contributed by atoms with van der Waals surface area (Å²) in [4.78, 5) is 5.06. The molecule has 2 aliphatic heterocycles. The smallest absolute Gasteiger partial charge is 0.0291 e. The van der Waals surface area contributed by atoms with E-state index in [-0.39, 0.29) is 0 Å². The van der Waals surface area contributed by atoms with E-state index in [1.807, 2.05) is 6.08 Å². The van der Waals surface area contributed by atoms with Crippen molar-refractivity contribution in [3.05, 3.63) is 73.1 Å². The van der Waals surface area contributed by atoms with E-state index < -0.39 is 0 Å². The standard InChI is InChI=1S/C27H39N3/c1-4-14-29-19-25-17-24(18-26(25)20-29)22(3)28-27-12-15-30(16-13-27)21(2)10-11-23-8-6-5-7-9-23/h4-9,24-28H,1-3,10-20H2. The molecule has 0 radical (unpaired) electrons. The molecular formula is C27H39N3. The summed E-state index contributed by atoms with van der Waals surface area (Å²) in [6.07, 6.45) is 9.21. The summed E-state index contributed by atoms with van der Waals surface area (Å²) in [7, 11) is 0. The van der Waals surface area contributed by atoms with E-state index in [1.165, 1.54) is 55.7 Å². The number of likely N-dealkylation sites (tertiary alicyclic amines) is 2. The van der Waals surface area contributed by atoms with E-state index in [1.54, 1.807) is 0 Å². The van der Waals surface area contributed by atoms with Gasteiger partial charge in [0.2, 0.25) is 0 Å². The van der Waals surface area contributed by atoms with Gasteiger partial charge in [0.15, 0.2) is 0 Å². The van der Waals surface area contributed by atoms with Crippen LogP contribution in [0.4, 0.5) is 0 Å². The maximum atomic E-state index is 4.46. The van der Waals surface area contributed by atoms with Crippen molar-refractivity contribution in [1.82, 2.24) is 15.1 Å². The molecule has 162 valence electrons. The van der Waals surface area contributed by atoms with Gasteiger partial charge in [0, 0.05) is 50.2 Å². The number of hydrogen-bond donors (Lipinski definition) is 1. The van der Waals surface area contributed by atoms with Crippen molar-refractivity contribution < 1.29 is 0 Å². The molecule has 0 aromatic heterocycles. The van der Waals surface area contributed by atoms with Crippen LogP contribution in [0.3, 0.4) is 0 Å². The van der Waals surface area contributed by atoms with Crippen molar-refractivity contribution in [2.75, 3.05) is 32.7 Å². The van der Waals surface area contributed by atoms with Crippen LogP contribution in [0.2, 0.25) is 0 Å². The van der Waals surface area contributed by atoms with E-state index in [0.29, 0.717) is 12.0 Å². The number of allylic oxidation sites excluding steroid dienone is 2. The number of hydrogen-bond acceptors (Lipinski definition) is 3. The molecule has 3 nitrogen and oxygen atoms in total. The highest BCUT2D eigenvalue weighted by atomic mass is 15.2. The first-order chi connectivity index (χ1) is 14.6. The van der Waals surface area contributed by atoms with E-state index in [9.17, 15) is 0 Å². The molecule has 3 aliphatic rings. The Hall–Kier alpha value is -2.00. The lowest BCUT2D eigenvalue weighted by Gasteiger charge is -2.36. The second-order valence-corrected chi connectivity index (χ2v) is 9.68. The molecule has 1 saturated carbocycles. The molecule has 0 bridgehead atoms. The summed E-state index contributed by atoms with van der Waals surface area (Å²) in [5, 5.41) is 3.82. The van der Waals surface area contributed by atoms with Gasteiger partial charge in [0.25, 0.3) is 0 Å². The van der Waals surface area contributed by atoms with Crippen molar-refractivity contribution in [2.45, 2.75) is 44.6 Å². The van der Waals surface area contributed by atoms with Crippen LogP contribution in [0.5, 0.6) is 0 Å². The Morgan fingerprint density at radius 2 is 1.70 bits per heavy atom. The molecule has 1 aromatic rings. The summed E-state index contributed by atoms with van der Waals surface area (Å²) >= 11 is 0. The lowest BCUT2D eigenvalue weighted by atomic mass is 9.98. The summed E-state index contributed by atoms with van der Waals surface area (Å²) in [6, 6.07) is 11.3. The Balaban J connectivity index is 1.16. The minimum absolute atomic E-state index is 0.577. The summed E-state index contributed by atoms with van der Waals surface area (Å²) in [5.41, 5.74) is 4.00. The molecule has 30 heavy (non-hydrogen) atoms. The molecule has 0 spiro atoms. The Bertz CT molecular complexity index is 718. The minimum atomic E-state index is 0.577. The van der Waals surface area contributed by atoms with Crippen molar-refractivity contribution in [2.24, 2.45) is 17.8 Å². The molecule has 1 aliphatic carbocycles. The quantitative estimate of drug-likeness (QED) is 0.593. The summed E-state index contributed by atoms with van der Waals surface area (Å²) in [6.45, 7) is 18.5. The highest BCUT2D eigenvalue weighted by Crippen LogP contribution is 2.43.